The molecule has 0 saturated carbocycles. The Labute approximate surface area is 198 Å². The average molecular weight is 456 g/mol. The minimum absolute atomic E-state index is 0.0120. The Morgan fingerprint density at radius 1 is 0.971 bits per heavy atom. The van der Waals surface area contributed by atoms with Gasteiger partial charge in [-0.15, -0.1) is 0 Å². The predicted octanol–water partition coefficient (Wildman–Crippen LogP) is 3.98. The lowest BCUT2D eigenvalue weighted by Gasteiger charge is -2.10. The number of nitriles is 1. The van der Waals surface area contributed by atoms with E-state index in [4.69, 9.17) is 9.47 Å². The predicted molar refractivity (Wildman–Crippen MR) is 130 cm³/mol. The van der Waals surface area contributed by atoms with Gasteiger partial charge < -0.3 is 20.1 Å². The van der Waals surface area contributed by atoms with Crippen LogP contribution in [0.4, 0.5) is 5.69 Å². The molecule has 7 nitrogen and oxygen atoms in total. The Kier molecular flexibility index (Phi) is 8.83. The van der Waals surface area contributed by atoms with E-state index in [1.165, 1.54) is 13.2 Å². The quantitative estimate of drug-likeness (QED) is 0.356. The van der Waals surface area contributed by atoms with Gasteiger partial charge in [-0.1, -0.05) is 54.6 Å². The number of para-hydroxylation sites is 2. The summed E-state index contributed by atoms with van der Waals surface area (Å²) in [6.07, 6.45) is 2.19. The lowest BCUT2D eigenvalue weighted by molar-refractivity contribution is -0.118. The number of carbonyl (C=O) groups excluding carboxylic acids is 2. The van der Waals surface area contributed by atoms with E-state index in [0.29, 0.717) is 35.7 Å². The van der Waals surface area contributed by atoms with Crippen molar-refractivity contribution in [2.45, 2.75) is 6.42 Å². The summed E-state index contributed by atoms with van der Waals surface area (Å²) in [5, 5.41) is 14.9. The molecule has 0 radical (unpaired) electrons. The minimum Gasteiger partial charge on any atom is -0.495 e. The molecule has 2 N–H and O–H groups in total. The van der Waals surface area contributed by atoms with Crippen molar-refractivity contribution < 1.29 is 19.1 Å². The van der Waals surface area contributed by atoms with Crippen LogP contribution in [0.3, 0.4) is 0 Å². The third-order valence-electron chi connectivity index (χ3n) is 4.85. The topological polar surface area (TPSA) is 100 Å². The number of benzene rings is 3. The van der Waals surface area contributed by atoms with Gasteiger partial charge in [0.25, 0.3) is 11.8 Å². The van der Waals surface area contributed by atoms with Gasteiger partial charge in [0.15, 0.2) is 6.61 Å². The van der Waals surface area contributed by atoms with Crippen LogP contribution < -0.4 is 20.1 Å². The van der Waals surface area contributed by atoms with Gasteiger partial charge in [0, 0.05) is 6.54 Å². The second-order valence-corrected chi connectivity index (χ2v) is 7.27. The van der Waals surface area contributed by atoms with Gasteiger partial charge in [-0.3, -0.25) is 9.59 Å². The van der Waals surface area contributed by atoms with Crippen molar-refractivity contribution in [1.29, 1.82) is 5.26 Å². The summed E-state index contributed by atoms with van der Waals surface area (Å²) in [4.78, 5) is 24.5. The monoisotopic (exact) mass is 455 g/mol. The number of anilines is 1. The Morgan fingerprint density at radius 3 is 2.38 bits per heavy atom. The van der Waals surface area contributed by atoms with Crippen LogP contribution in [-0.2, 0) is 16.0 Å². The van der Waals surface area contributed by atoms with E-state index in [2.05, 4.69) is 10.6 Å². The standard InChI is InChI=1S/C27H25N3O4/c1-33-25-10-6-5-9-24(25)30-26(31)19-34-23-13-11-21(12-14-23)17-22(18-28)27(32)29-16-15-20-7-3-2-4-8-20/h2-14,17H,15-16,19H2,1H3,(H,29,32)(H,30,31)/b22-17+. The first-order valence-electron chi connectivity index (χ1n) is 10.7. The summed E-state index contributed by atoms with van der Waals surface area (Å²) in [6.45, 7) is 0.256. The highest BCUT2D eigenvalue weighted by atomic mass is 16.5. The second kappa shape index (κ2) is 12.5. The maximum absolute atomic E-state index is 12.3. The lowest BCUT2D eigenvalue weighted by Crippen LogP contribution is -2.26. The summed E-state index contributed by atoms with van der Waals surface area (Å²) in [5.74, 6) is 0.293. The van der Waals surface area contributed by atoms with Gasteiger partial charge in [0.1, 0.15) is 23.1 Å². The van der Waals surface area contributed by atoms with Gasteiger partial charge in [-0.25, -0.2) is 0 Å². The van der Waals surface area contributed by atoms with Gasteiger partial charge in [0.2, 0.25) is 0 Å². The lowest BCUT2D eigenvalue weighted by atomic mass is 10.1. The zero-order valence-corrected chi connectivity index (χ0v) is 18.8. The Bertz CT molecular complexity index is 1180. The fraction of sp³-hybridized carbons (Fsp3) is 0.148. The van der Waals surface area contributed by atoms with Crippen LogP contribution in [-0.4, -0.2) is 32.1 Å². The molecule has 3 aromatic carbocycles. The molecule has 0 saturated heterocycles. The number of hydrogen-bond donors (Lipinski definition) is 2. The molecule has 0 unspecified atom stereocenters. The number of hydrogen-bond acceptors (Lipinski definition) is 5. The van der Waals surface area contributed by atoms with Crippen molar-refractivity contribution in [1.82, 2.24) is 5.32 Å². The molecule has 0 fully saturated rings. The molecule has 0 aliphatic rings. The van der Waals surface area contributed by atoms with E-state index in [0.717, 1.165) is 5.56 Å². The molecule has 0 aromatic heterocycles. The zero-order valence-electron chi connectivity index (χ0n) is 18.8. The number of methoxy groups -OCH3 is 1. The normalized spacial score (nSPS) is 10.6. The fourth-order valence-electron chi connectivity index (χ4n) is 3.12. The number of carbonyl (C=O) groups is 2. The molecule has 0 bridgehead atoms. The number of ether oxygens (including phenoxy) is 2. The first kappa shape index (κ1) is 24.1. The van der Waals surface area contributed by atoms with E-state index in [1.54, 1.807) is 42.5 Å². The molecule has 0 spiro atoms. The molecular formula is C27H25N3O4. The molecule has 3 aromatic rings. The first-order chi connectivity index (χ1) is 16.6. The molecular weight excluding hydrogens is 430 g/mol. The molecule has 34 heavy (non-hydrogen) atoms. The van der Waals surface area contributed by atoms with Crippen LogP contribution in [0.15, 0.2) is 84.4 Å². The van der Waals surface area contributed by atoms with Gasteiger partial charge in [-0.2, -0.15) is 5.26 Å². The highest BCUT2D eigenvalue weighted by Gasteiger charge is 2.10. The minimum atomic E-state index is -0.424. The second-order valence-electron chi connectivity index (χ2n) is 7.27. The summed E-state index contributed by atoms with van der Waals surface area (Å²) in [6, 6.07) is 25.6. The molecule has 172 valence electrons. The van der Waals surface area contributed by atoms with Gasteiger partial charge in [-0.05, 0) is 47.9 Å². The van der Waals surface area contributed by atoms with Crippen LogP contribution in [0.1, 0.15) is 11.1 Å². The smallest absolute Gasteiger partial charge is 0.262 e. The van der Waals surface area contributed by atoms with Gasteiger partial charge >= 0.3 is 0 Å². The van der Waals surface area contributed by atoms with E-state index in [9.17, 15) is 14.9 Å². The number of nitrogens with one attached hydrogen (secondary N) is 2. The maximum Gasteiger partial charge on any atom is 0.262 e. The molecule has 0 aliphatic carbocycles. The average Bonchev–Trinajstić information content (AvgIpc) is 2.87. The van der Waals surface area contributed by atoms with E-state index in [1.807, 2.05) is 42.5 Å². The van der Waals surface area contributed by atoms with Crippen molar-refractivity contribution in [3.05, 3.63) is 95.6 Å². The van der Waals surface area contributed by atoms with E-state index < -0.39 is 5.91 Å². The van der Waals surface area contributed by atoms with Crippen molar-refractivity contribution in [3.63, 3.8) is 0 Å². The molecule has 2 amide bonds. The van der Waals surface area contributed by atoms with E-state index >= 15 is 0 Å². The van der Waals surface area contributed by atoms with Crippen LogP contribution in [0, 0.1) is 11.3 Å². The number of rotatable bonds is 10. The van der Waals surface area contributed by atoms with Gasteiger partial charge in [0.05, 0.1) is 12.8 Å². The van der Waals surface area contributed by atoms with Crippen LogP contribution in [0.5, 0.6) is 11.5 Å². The largest absolute Gasteiger partial charge is 0.495 e. The molecule has 0 atom stereocenters. The zero-order chi connectivity index (χ0) is 24.2. The number of nitrogens with zero attached hydrogens (tertiary/aromatic N) is 1. The first-order valence-corrected chi connectivity index (χ1v) is 10.7. The molecule has 0 heterocycles. The molecule has 0 aliphatic heterocycles. The maximum atomic E-state index is 12.3. The third kappa shape index (κ3) is 7.24. The van der Waals surface area contributed by atoms with Crippen LogP contribution in [0.25, 0.3) is 6.08 Å². The van der Waals surface area contributed by atoms with Crippen molar-refractivity contribution in [3.8, 4) is 17.6 Å². The van der Waals surface area contributed by atoms with Crippen molar-refractivity contribution in [2.75, 3.05) is 25.6 Å². The molecule has 3 rings (SSSR count). The summed E-state index contributed by atoms with van der Waals surface area (Å²) >= 11 is 0. The Balaban J connectivity index is 1.50. The Hall–Kier alpha value is -4.57. The summed E-state index contributed by atoms with van der Waals surface area (Å²) in [5.41, 5.74) is 2.35. The SMILES string of the molecule is COc1ccccc1NC(=O)COc1ccc(/C=C(\C#N)C(=O)NCCc2ccccc2)cc1. The highest BCUT2D eigenvalue weighted by Crippen LogP contribution is 2.23. The summed E-state index contributed by atoms with van der Waals surface area (Å²) < 4.78 is 10.7. The van der Waals surface area contributed by atoms with E-state index in [-0.39, 0.29) is 18.1 Å². The van der Waals surface area contributed by atoms with Crippen LogP contribution in [0.2, 0.25) is 0 Å². The molecule has 7 heteroatoms. The summed E-state index contributed by atoms with van der Waals surface area (Å²) in [7, 11) is 1.53. The van der Waals surface area contributed by atoms with Crippen LogP contribution >= 0.6 is 0 Å². The number of amides is 2. The Morgan fingerprint density at radius 2 is 1.68 bits per heavy atom. The van der Waals surface area contributed by atoms with Crippen molar-refractivity contribution in [2.24, 2.45) is 0 Å². The van der Waals surface area contributed by atoms with Crippen molar-refractivity contribution >= 4 is 23.6 Å². The highest BCUT2D eigenvalue weighted by molar-refractivity contribution is 6.01. The fourth-order valence-corrected chi connectivity index (χ4v) is 3.12. The third-order valence-corrected chi connectivity index (χ3v) is 4.85.